The molecule has 0 aliphatic heterocycles. The summed E-state index contributed by atoms with van der Waals surface area (Å²) in [5.41, 5.74) is 1.65. The van der Waals surface area contributed by atoms with Crippen LogP contribution in [-0.2, 0) is 6.54 Å². The molecule has 1 N–H and O–H groups in total. The quantitative estimate of drug-likeness (QED) is 0.848. The molecule has 1 aromatic heterocycles. The highest BCUT2D eigenvalue weighted by Gasteiger charge is 2.02. The lowest BCUT2D eigenvalue weighted by atomic mass is 10.2. The van der Waals surface area contributed by atoms with Gasteiger partial charge in [-0.3, -0.25) is 0 Å². The number of hydrogen-bond donors (Lipinski definition) is 1. The zero-order chi connectivity index (χ0) is 12.3. The molecule has 0 atom stereocenters. The smallest absolute Gasteiger partial charge is 0.129 e. The van der Waals surface area contributed by atoms with E-state index in [0.717, 1.165) is 11.3 Å². The van der Waals surface area contributed by atoms with Crippen LogP contribution >= 0.6 is 23.2 Å². The number of halogens is 3. The Hall–Kier alpha value is -1.32. The Bertz CT molecular complexity index is 514. The first-order valence-electron chi connectivity index (χ1n) is 4.94. The minimum absolute atomic E-state index is 0.341. The first-order valence-corrected chi connectivity index (χ1v) is 5.70. The molecule has 0 fully saturated rings. The Morgan fingerprint density at radius 3 is 2.65 bits per heavy atom. The molecule has 0 radical (unpaired) electrons. The second kappa shape index (κ2) is 5.34. The van der Waals surface area contributed by atoms with E-state index in [1.54, 1.807) is 18.3 Å². The Balaban J connectivity index is 2.04. The highest BCUT2D eigenvalue weighted by molar-refractivity contribution is 6.31. The third-order valence-electron chi connectivity index (χ3n) is 2.23. The van der Waals surface area contributed by atoms with Crippen LogP contribution in [0.15, 0.2) is 36.5 Å². The zero-order valence-corrected chi connectivity index (χ0v) is 10.3. The van der Waals surface area contributed by atoms with Crippen LogP contribution in [0.2, 0.25) is 10.2 Å². The molecule has 17 heavy (non-hydrogen) atoms. The van der Waals surface area contributed by atoms with Gasteiger partial charge in [-0.05, 0) is 29.8 Å². The average Bonchev–Trinajstić information content (AvgIpc) is 2.30. The molecule has 1 heterocycles. The SMILES string of the molecule is Fc1ccc(CNc2ccc(Cl)nc2)c(Cl)c1. The molecule has 88 valence electrons. The number of pyridine rings is 1. The summed E-state index contributed by atoms with van der Waals surface area (Å²) in [5, 5.41) is 3.96. The van der Waals surface area contributed by atoms with Crippen molar-refractivity contribution in [2.75, 3.05) is 5.32 Å². The van der Waals surface area contributed by atoms with E-state index in [0.29, 0.717) is 16.7 Å². The molecule has 2 nitrogen and oxygen atoms in total. The maximum atomic E-state index is 12.8. The number of aromatic nitrogens is 1. The van der Waals surface area contributed by atoms with Gasteiger partial charge in [0, 0.05) is 11.6 Å². The van der Waals surface area contributed by atoms with E-state index in [9.17, 15) is 4.39 Å². The van der Waals surface area contributed by atoms with Crippen LogP contribution in [-0.4, -0.2) is 4.98 Å². The van der Waals surface area contributed by atoms with Gasteiger partial charge in [-0.25, -0.2) is 9.37 Å². The summed E-state index contributed by atoms with van der Waals surface area (Å²) in [6.07, 6.45) is 1.62. The molecule has 0 saturated heterocycles. The third kappa shape index (κ3) is 3.32. The van der Waals surface area contributed by atoms with Crippen molar-refractivity contribution in [2.45, 2.75) is 6.54 Å². The van der Waals surface area contributed by atoms with Crippen molar-refractivity contribution >= 4 is 28.9 Å². The van der Waals surface area contributed by atoms with Gasteiger partial charge in [-0.1, -0.05) is 29.3 Å². The molecule has 0 aliphatic carbocycles. The molecule has 5 heteroatoms. The van der Waals surface area contributed by atoms with E-state index >= 15 is 0 Å². The first kappa shape index (κ1) is 12.1. The summed E-state index contributed by atoms with van der Waals surface area (Å²) in [6, 6.07) is 7.82. The van der Waals surface area contributed by atoms with Gasteiger partial charge in [0.25, 0.3) is 0 Å². The lowest BCUT2D eigenvalue weighted by Gasteiger charge is -2.07. The van der Waals surface area contributed by atoms with Gasteiger partial charge in [0.05, 0.1) is 11.9 Å². The fraction of sp³-hybridized carbons (Fsp3) is 0.0833. The average molecular weight is 271 g/mol. The molecule has 0 spiro atoms. The number of hydrogen-bond acceptors (Lipinski definition) is 2. The Labute approximate surface area is 108 Å². The topological polar surface area (TPSA) is 24.9 Å². The van der Waals surface area contributed by atoms with E-state index in [2.05, 4.69) is 10.3 Å². The van der Waals surface area contributed by atoms with Crippen molar-refractivity contribution in [2.24, 2.45) is 0 Å². The Morgan fingerprint density at radius 2 is 2.00 bits per heavy atom. The van der Waals surface area contributed by atoms with Crippen LogP contribution < -0.4 is 5.32 Å². The second-order valence-corrected chi connectivity index (χ2v) is 4.25. The summed E-state index contributed by atoms with van der Waals surface area (Å²) in [5.74, 6) is -0.341. The summed E-state index contributed by atoms with van der Waals surface area (Å²) in [6.45, 7) is 0.502. The van der Waals surface area contributed by atoms with Gasteiger partial charge >= 0.3 is 0 Å². The molecule has 2 aromatic rings. The molecule has 1 aromatic carbocycles. The minimum Gasteiger partial charge on any atom is -0.380 e. The van der Waals surface area contributed by atoms with Crippen LogP contribution in [0.4, 0.5) is 10.1 Å². The molecule has 2 rings (SSSR count). The molecule has 0 aliphatic rings. The van der Waals surface area contributed by atoms with Crippen molar-refractivity contribution in [3.63, 3.8) is 0 Å². The Kier molecular flexibility index (Phi) is 3.82. The fourth-order valence-corrected chi connectivity index (χ4v) is 1.69. The van der Waals surface area contributed by atoms with Crippen LogP contribution in [0.5, 0.6) is 0 Å². The largest absolute Gasteiger partial charge is 0.380 e. The normalized spacial score (nSPS) is 10.3. The summed E-state index contributed by atoms with van der Waals surface area (Å²) >= 11 is 11.6. The second-order valence-electron chi connectivity index (χ2n) is 3.46. The predicted molar refractivity (Wildman–Crippen MR) is 68.0 cm³/mol. The number of rotatable bonds is 3. The molecule has 0 amide bonds. The summed E-state index contributed by atoms with van der Waals surface area (Å²) < 4.78 is 12.8. The molecular weight excluding hydrogens is 262 g/mol. The molecular formula is C12H9Cl2FN2. The van der Waals surface area contributed by atoms with Crippen molar-refractivity contribution in [1.82, 2.24) is 4.98 Å². The monoisotopic (exact) mass is 270 g/mol. The molecule has 0 unspecified atom stereocenters. The van der Waals surface area contributed by atoms with Crippen LogP contribution in [0.3, 0.4) is 0 Å². The molecule has 0 bridgehead atoms. The predicted octanol–water partition coefficient (Wildman–Crippen LogP) is 4.14. The minimum atomic E-state index is -0.341. The van der Waals surface area contributed by atoms with E-state index in [-0.39, 0.29) is 5.82 Å². The highest BCUT2D eigenvalue weighted by atomic mass is 35.5. The van der Waals surface area contributed by atoms with Gasteiger partial charge in [-0.2, -0.15) is 0 Å². The van der Waals surface area contributed by atoms with Crippen molar-refractivity contribution < 1.29 is 4.39 Å². The van der Waals surface area contributed by atoms with E-state index in [1.807, 2.05) is 6.07 Å². The fourth-order valence-electron chi connectivity index (χ4n) is 1.34. The highest BCUT2D eigenvalue weighted by Crippen LogP contribution is 2.19. The lowest BCUT2D eigenvalue weighted by molar-refractivity contribution is 0.627. The van der Waals surface area contributed by atoms with Crippen molar-refractivity contribution in [1.29, 1.82) is 0 Å². The van der Waals surface area contributed by atoms with Crippen molar-refractivity contribution in [3.05, 3.63) is 58.1 Å². The lowest BCUT2D eigenvalue weighted by Crippen LogP contribution is -2.00. The van der Waals surface area contributed by atoms with Gasteiger partial charge in [0.2, 0.25) is 0 Å². The third-order valence-corrected chi connectivity index (χ3v) is 2.80. The maximum Gasteiger partial charge on any atom is 0.129 e. The number of benzene rings is 1. The van der Waals surface area contributed by atoms with Gasteiger partial charge < -0.3 is 5.32 Å². The van der Waals surface area contributed by atoms with Crippen molar-refractivity contribution in [3.8, 4) is 0 Å². The number of nitrogens with one attached hydrogen (secondary N) is 1. The van der Waals surface area contributed by atoms with Crippen LogP contribution in [0.25, 0.3) is 0 Å². The van der Waals surface area contributed by atoms with Gasteiger partial charge in [-0.15, -0.1) is 0 Å². The summed E-state index contributed by atoms with van der Waals surface area (Å²) in [7, 11) is 0. The maximum absolute atomic E-state index is 12.8. The van der Waals surface area contributed by atoms with E-state index < -0.39 is 0 Å². The van der Waals surface area contributed by atoms with Gasteiger partial charge in [0.15, 0.2) is 0 Å². The van der Waals surface area contributed by atoms with Crippen LogP contribution in [0, 0.1) is 5.82 Å². The first-order chi connectivity index (χ1) is 8.15. The van der Waals surface area contributed by atoms with Gasteiger partial charge in [0.1, 0.15) is 11.0 Å². The summed E-state index contributed by atoms with van der Waals surface area (Å²) in [4.78, 5) is 3.94. The van der Waals surface area contributed by atoms with E-state index in [4.69, 9.17) is 23.2 Å². The van der Waals surface area contributed by atoms with Crippen LogP contribution in [0.1, 0.15) is 5.56 Å². The standard InChI is InChI=1S/C12H9Cl2FN2/c13-11-5-9(15)2-1-8(11)6-16-10-3-4-12(14)17-7-10/h1-5,7,16H,6H2. The zero-order valence-electron chi connectivity index (χ0n) is 8.75. The molecule has 0 saturated carbocycles. The number of anilines is 1. The van der Waals surface area contributed by atoms with E-state index in [1.165, 1.54) is 12.1 Å². The number of nitrogens with zero attached hydrogens (tertiary/aromatic N) is 1. The Morgan fingerprint density at radius 1 is 1.18 bits per heavy atom.